The molecule has 0 bridgehead atoms. The molecule has 1 saturated heterocycles. The van der Waals surface area contributed by atoms with Crippen molar-refractivity contribution in [2.75, 3.05) is 13.1 Å². The predicted molar refractivity (Wildman–Crippen MR) is 103 cm³/mol. The molecule has 1 fully saturated rings. The van der Waals surface area contributed by atoms with E-state index in [1.807, 2.05) is 61.2 Å². The smallest absolute Gasteiger partial charge is 0.254 e. The van der Waals surface area contributed by atoms with Crippen LogP contribution in [0.15, 0.2) is 48.5 Å². The van der Waals surface area contributed by atoms with Crippen LogP contribution in [0.3, 0.4) is 0 Å². The van der Waals surface area contributed by atoms with Gasteiger partial charge in [0.05, 0.1) is 0 Å². The number of likely N-dealkylation sites (tertiary alicyclic amines) is 1. The lowest BCUT2D eigenvalue weighted by Crippen LogP contribution is -2.43. The van der Waals surface area contributed by atoms with Crippen molar-refractivity contribution < 1.29 is 9.59 Å². The predicted octanol–water partition coefficient (Wildman–Crippen LogP) is 3.47. The number of aryl methyl sites for hydroxylation is 2. The first-order valence-corrected chi connectivity index (χ1v) is 9.23. The van der Waals surface area contributed by atoms with Gasteiger partial charge in [-0.05, 0) is 43.9 Å². The highest BCUT2D eigenvalue weighted by Gasteiger charge is 2.28. The Morgan fingerprint density at radius 3 is 2.46 bits per heavy atom. The maximum atomic E-state index is 12.7. The average Bonchev–Trinajstić information content (AvgIpc) is 2.66. The first-order chi connectivity index (χ1) is 12.5. The fourth-order valence-electron chi connectivity index (χ4n) is 3.48. The van der Waals surface area contributed by atoms with Gasteiger partial charge in [-0.2, -0.15) is 0 Å². The van der Waals surface area contributed by atoms with Gasteiger partial charge in [0, 0.05) is 31.1 Å². The van der Waals surface area contributed by atoms with E-state index in [-0.39, 0.29) is 17.7 Å². The fraction of sp³-hybridized carbons (Fsp3) is 0.364. The summed E-state index contributed by atoms with van der Waals surface area (Å²) in [4.78, 5) is 27.0. The van der Waals surface area contributed by atoms with Crippen molar-refractivity contribution in [3.8, 4) is 0 Å². The van der Waals surface area contributed by atoms with Crippen molar-refractivity contribution in [2.45, 2.75) is 33.2 Å². The molecule has 0 saturated carbocycles. The third-order valence-corrected chi connectivity index (χ3v) is 5.08. The van der Waals surface area contributed by atoms with Gasteiger partial charge in [-0.1, -0.05) is 48.0 Å². The minimum atomic E-state index is -0.0132. The molecule has 1 heterocycles. The van der Waals surface area contributed by atoms with Gasteiger partial charge in [-0.3, -0.25) is 9.59 Å². The van der Waals surface area contributed by atoms with Crippen molar-refractivity contribution in [1.82, 2.24) is 10.2 Å². The topological polar surface area (TPSA) is 49.4 Å². The monoisotopic (exact) mass is 350 g/mol. The van der Waals surface area contributed by atoms with E-state index >= 15 is 0 Å². The summed E-state index contributed by atoms with van der Waals surface area (Å²) >= 11 is 0. The Hall–Kier alpha value is -2.62. The Morgan fingerprint density at radius 2 is 1.77 bits per heavy atom. The molecule has 2 aromatic rings. The summed E-state index contributed by atoms with van der Waals surface area (Å²) in [6.45, 7) is 5.83. The summed E-state index contributed by atoms with van der Waals surface area (Å²) < 4.78 is 0. The van der Waals surface area contributed by atoms with Crippen LogP contribution in [0.4, 0.5) is 0 Å². The van der Waals surface area contributed by atoms with Gasteiger partial charge in [0.2, 0.25) is 5.91 Å². The normalized spacial score (nSPS) is 14.9. The lowest BCUT2D eigenvalue weighted by atomic mass is 9.95. The molecule has 2 amide bonds. The van der Waals surface area contributed by atoms with Crippen LogP contribution in [0, 0.1) is 19.8 Å². The van der Waals surface area contributed by atoms with E-state index in [0.29, 0.717) is 19.6 Å². The zero-order chi connectivity index (χ0) is 18.5. The summed E-state index contributed by atoms with van der Waals surface area (Å²) in [7, 11) is 0. The summed E-state index contributed by atoms with van der Waals surface area (Å²) in [6.07, 6.45) is 1.44. The maximum absolute atomic E-state index is 12.7. The highest BCUT2D eigenvalue weighted by Crippen LogP contribution is 2.20. The number of rotatable bonds is 4. The number of nitrogens with one attached hydrogen (secondary N) is 1. The minimum Gasteiger partial charge on any atom is -0.352 e. The van der Waals surface area contributed by atoms with Crippen molar-refractivity contribution >= 4 is 11.8 Å². The van der Waals surface area contributed by atoms with Crippen LogP contribution in [0.25, 0.3) is 0 Å². The minimum absolute atomic E-state index is 0.0132. The SMILES string of the molecule is Cc1cccc(CNC(=O)C2CCN(C(=O)c3ccccc3C)CC2)c1. The third kappa shape index (κ3) is 4.31. The molecule has 1 aliphatic rings. The van der Waals surface area contributed by atoms with Crippen molar-refractivity contribution in [1.29, 1.82) is 0 Å². The average molecular weight is 350 g/mol. The number of carbonyl (C=O) groups is 2. The van der Waals surface area contributed by atoms with Gasteiger partial charge in [0.15, 0.2) is 0 Å². The van der Waals surface area contributed by atoms with Gasteiger partial charge in [0.1, 0.15) is 0 Å². The highest BCUT2D eigenvalue weighted by atomic mass is 16.2. The van der Waals surface area contributed by atoms with Gasteiger partial charge >= 0.3 is 0 Å². The molecule has 0 spiro atoms. The Bertz CT molecular complexity index is 792. The van der Waals surface area contributed by atoms with E-state index in [2.05, 4.69) is 11.4 Å². The zero-order valence-corrected chi connectivity index (χ0v) is 15.5. The molecule has 3 rings (SSSR count). The van der Waals surface area contributed by atoms with Gasteiger partial charge in [-0.25, -0.2) is 0 Å². The zero-order valence-electron chi connectivity index (χ0n) is 15.5. The number of hydrogen-bond donors (Lipinski definition) is 1. The van der Waals surface area contributed by atoms with Crippen LogP contribution in [-0.4, -0.2) is 29.8 Å². The van der Waals surface area contributed by atoms with E-state index in [1.54, 1.807) is 0 Å². The maximum Gasteiger partial charge on any atom is 0.254 e. The second kappa shape index (κ2) is 8.17. The van der Waals surface area contributed by atoms with Gasteiger partial charge in [-0.15, -0.1) is 0 Å². The molecule has 0 atom stereocenters. The van der Waals surface area contributed by atoms with E-state index in [4.69, 9.17) is 0 Å². The van der Waals surface area contributed by atoms with E-state index < -0.39 is 0 Å². The Kier molecular flexibility index (Phi) is 5.71. The molecular formula is C22H26N2O2. The second-order valence-corrected chi connectivity index (χ2v) is 7.09. The largest absolute Gasteiger partial charge is 0.352 e. The molecule has 136 valence electrons. The van der Waals surface area contributed by atoms with Crippen LogP contribution in [0.2, 0.25) is 0 Å². The number of piperidine rings is 1. The molecule has 4 nitrogen and oxygen atoms in total. The fourth-order valence-corrected chi connectivity index (χ4v) is 3.48. The molecular weight excluding hydrogens is 324 g/mol. The van der Waals surface area contributed by atoms with Crippen molar-refractivity contribution in [3.63, 3.8) is 0 Å². The summed E-state index contributed by atoms with van der Waals surface area (Å²) in [5, 5.41) is 3.04. The molecule has 0 unspecified atom stereocenters. The summed E-state index contributed by atoms with van der Waals surface area (Å²) in [5.41, 5.74) is 4.07. The van der Waals surface area contributed by atoms with E-state index in [9.17, 15) is 9.59 Å². The van der Waals surface area contributed by atoms with Gasteiger partial charge < -0.3 is 10.2 Å². The first kappa shape index (κ1) is 18.2. The van der Waals surface area contributed by atoms with Crippen molar-refractivity contribution in [2.24, 2.45) is 5.92 Å². The van der Waals surface area contributed by atoms with Crippen LogP contribution >= 0.6 is 0 Å². The van der Waals surface area contributed by atoms with E-state index in [0.717, 1.165) is 29.5 Å². The lowest BCUT2D eigenvalue weighted by Gasteiger charge is -2.31. The number of nitrogens with zero attached hydrogens (tertiary/aromatic N) is 1. The van der Waals surface area contributed by atoms with E-state index in [1.165, 1.54) is 5.56 Å². The van der Waals surface area contributed by atoms with Crippen LogP contribution in [0.5, 0.6) is 0 Å². The second-order valence-electron chi connectivity index (χ2n) is 7.09. The molecule has 26 heavy (non-hydrogen) atoms. The molecule has 4 heteroatoms. The number of amides is 2. The summed E-state index contributed by atoms with van der Waals surface area (Å²) in [6, 6.07) is 15.8. The first-order valence-electron chi connectivity index (χ1n) is 9.23. The Labute approximate surface area is 155 Å². The Balaban J connectivity index is 1.51. The van der Waals surface area contributed by atoms with Crippen molar-refractivity contribution in [3.05, 3.63) is 70.8 Å². The standard InChI is InChI=1S/C22H26N2O2/c1-16-6-5-8-18(14-16)15-23-21(25)19-10-12-24(13-11-19)22(26)20-9-4-3-7-17(20)2/h3-9,14,19H,10-13,15H2,1-2H3,(H,23,25). The van der Waals surface area contributed by atoms with Crippen LogP contribution < -0.4 is 5.32 Å². The molecule has 0 aliphatic carbocycles. The molecule has 0 radical (unpaired) electrons. The molecule has 2 aromatic carbocycles. The van der Waals surface area contributed by atoms with Gasteiger partial charge in [0.25, 0.3) is 5.91 Å². The Morgan fingerprint density at radius 1 is 1.04 bits per heavy atom. The summed E-state index contributed by atoms with van der Waals surface area (Å²) in [5.74, 6) is 0.150. The number of benzene rings is 2. The van der Waals surface area contributed by atoms with Crippen LogP contribution in [0.1, 0.15) is 39.9 Å². The number of carbonyl (C=O) groups excluding carboxylic acids is 2. The third-order valence-electron chi connectivity index (χ3n) is 5.08. The highest BCUT2D eigenvalue weighted by molar-refractivity contribution is 5.95. The molecule has 1 aliphatic heterocycles. The molecule has 0 aromatic heterocycles. The number of hydrogen-bond acceptors (Lipinski definition) is 2. The molecule has 1 N–H and O–H groups in total. The lowest BCUT2D eigenvalue weighted by molar-refractivity contribution is -0.126. The quantitative estimate of drug-likeness (QED) is 0.918. The van der Waals surface area contributed by atoms with Crippen LogP contribution in [-0.2, 0) is 11.3 Å².